The second kappa shape index (κ2) is 5.11. The highest BCUT2D eigenvalue weighted by molar-refractivity contribution is 7.16. The summed E-state index contributed by atoms with van der Waals surface area (Å²) in [5.41, 5.74) is 8.44. The largest absolute Gasteiger partial charge is 0.493 e. The van der Waals surface area contributed by atoms with Crippen LogP contribution in [0.15, 0.2) is 24.3 Å². The van der Waals surface area contributed by atoms with Crippen LogP contribution in [-0.4, -0.2) is 6.61 Å². The molecule has 1 aromatic carbocycles. The summed E-state index contributed by atoms with van der Waals surface area (Å²) in [6.45, 7) is 4.50. The summed E-state index contributed by atoms with van der Waals surface area (Å²) >= 11 is 1.41. The van der Waals surface area contributed by atoms with E-state index >= 15 is 0 Å². The third kappa shape index (κ3) is 2.05. The van der Waals surface area contributed by atoms with E-state index in [2.05, 4.69) is 6.07 Å². The fourth-order valence-corrected chi connectivity index (χ4v) is 2.86. The lowest BCUT2D eigenvalue weighted by atomic mass is 10.1. The first kappa shape index (κ1) is 12.5. The number of rotatable bonds is 3. The summed E-state index contributed by atoms with van der Waals surface area (Å²) < 4.78 is 5.61. The molecule has 0 saturated heterocycles. The van der Waals surface area contributed by atoms with Gasteiger partial charge in [-0.2, -0.15) is 5.26 Å². The van der Waals surface area contributed by atoms with Crippen LogP contribution in [-0.2, 0) is 0 Å². The van der Waals surface area contributed by atoms with Crippen molar-refractivity contribution in [1.82, 2.24) is 0 Å². The average Bonchev–Trinajstić information content (AvgIpc) is 2.67. The van der Waals surface area contributed by atoms with Crippen LogP contribution in [0.3, 0.4) is 0 Å². The first-order valence-corrected chi connectivity index (χ1v) is 6.51. The number of ether oxygens (including phenoxy) is 1. The summed E-state index contributed by atoms with van der Waals surface area (Å²) in [7, 11) is 0. The van der Waals surface area contributed by atoms with Crippen molar-refractivity contribution in [3.63, 3.8) is 0 Å². The van der Waals surface area contributed by atoms with Crippen molar-refractivity contribution in [2.45, 2.75) is 13.8 Å². The van der Waals surface area contributed by atoms with Crippen molar-refractivity contribution in [3.8, 4) is 22.3 Å². The van der Waals surface area contributed by atoms with Gasteiger partial charge in [-0.15, -0.1) is 11.3 Å². The molecule has 92 valence electrons. The molecule has 18 heavy (non-hydrogen) atoms. The highest BCUT2D eigenvalue weighted by atomic mass is 32.1. The van der Waals surface area contributed by atoms with E-state index in [9.17, 15) is 0 Å². The molecule has 2 aromatic rings. The zero-order valence-electron chi connectivity index (χ0n) is 10.4. The van der Waals surface area contributed by atoms with E-state index in [4.69, 9.17) is 15.7 Å². The Morgan fingerprint density at radius 1 is 1.39 bits per heavy atom. The van der Waals surface area contributed by atoms with E-state index in [0.29, 0.717) is 17.2 Å². The lowest BCUT2D eigenvalue weighted by Gasteiger charge is -2.09. The highest BCUT2D eigenvalue weighted by Gasteiger charge is 2.16. The number of nitrogens with two attached hydrogens (primary N) is 1. The first-order valence-electron chi connectivity index (χ1n) is 5.70. The van der Waals surface area contributed by atoms with Crippen molar-refractivity contribution >= 4 is 17.0 Å². The Hall–Kier alpha value is -1.99. The molecule has 0 saturated carbocycles. The minimum absolute atomic E-state index is 0.564. The van der Waals surface area contributed by atoms with Crippen molar-refractivity contribution in [1.29, 1.82) is 5.26 Å². The van der Waals surface area contributed by atoms with E-state index < -0.39 is 0 Å². The minimum Gasteiger partial charge on any atom is -0.493 e. The Bertz CT molecular complexity index is 611. The van der Waals surface area contributed by atoms with Gasteiger partial charge in [-0.25, -0.2) is 0 Å². The number of nitriles is 1. The van der Waals surface area contributed by atoms with E-state index in [0.717, 1.165) is 21.8 Å². The molecule has 0 fully saturated rings. The summed E-state index contributed by atoms with van der Waals surface area (Å²) in [5.74, 6) is 0.828. The smallest absolute Gasteiger partial charge is 0.128 e. The highest BCUT2D eigenvalue weighted by Crippen LogP contribution is 2.41. The number of hydrogen-bond donors (Lipinski definition) is 1. The third-order valence-corrected chi connectivity index (χ3v) is 3.97. The van der Waals surface area contributed by atoms with E-state index in [-0.39, 0.29) is 0 Å². The van der Waals surface area contributed by atoms with Gasteiger partial charge < -0.3 is 10.5 Å². The third-order valence-electron chi connectivity index (χ3n) is 2.73. The number of anilines is 1. The van der Waals surface area contributed by atoms with Gasteiger partial charge in [-0.3, -0.25) is 0 Å². The van der Waals surface area contributed by atoms with Crippen molar-refractivity contribution in [2.75, 3.05) is 12.3 Å². The number of thiophene rings is 1. The SMILES string of the molecule is CCOc1ccccc1-c1sc(C#N)c(N)c1C. The molecule has 0 radical (unpaired) electrons. The fourth-order valence-electron chi connectivity index (χ4n) is 1.80. The van der Waals surface area contributed by atoms with Gasteiger partial charge >= 0.3 is 0 Å². The van der Waals surface area contributed by atoms with E-state index in [1.54, 1.807) is 0 Å². The summed E-state index contributed by atoms with van der Waals surface area (Å²) in [6, 6.07) is 9.95. The lowest BCUT2D eigenvalue weighted by Crippen LogP contribution is -1.94. The van der Waals surface area contributed by atoms with Crippen molar-refractivity contribution in [2.24, 2.45) is 0 Å². The molecule has 0 aliphatic carbocycles. The van der Waals surface area contributed by atoms with Crippen molar-refractivity contribution < 1.29 is 4.74 Å². The molecule has 0 spiro atoms. The molecule has 2 N–H and O–H groups in total. The van der Waals surface area contributed by atoms with Crippen LogP contribution < -0.4 is 10.5 Å². The maximum atomic E-state index is 9.02. The van der Waals surface area contributed by atoms with Crippen LogP contribution in [0.25, 0.3) is 10.4 Å². The van der Waals surface area contributed by atoms with Crippen LogP contribution in [0.5, 0.6) is 5.75 Å². The van der Waals surface area contributed by atoms with Gasteiger partial charge in [0.15, 0.2) is 0 Å². The molecule has 0 atom stereocenters. The predicted octanol–water partition coefficient (Wildman–Crippen LogP) is 3.58. The normalized spacial score (nSPS) is 10.1. The molecule has 0 bridgehead atoms. The van der Waals surface area contributed by atoms with Crippen LogP contribution in [0.2, 0.25) is 0 Å². The quantitative estimate of drug-likeness (QED) is 0.915. The average molecular weight is 258 g/mol. The van der Waals surface area contributed by atoms with Crippen LogP contribution in [0.4, 0.5) is 5.69 Å². The minimum atomic E-state index is 0.564. The molecule has 0 aliphatic rings. The van der Waals surface area contributed by atoms with Gasteiger partial charge in [-0.1, -0.05) is 12.1 Å². The fraction of sp³-hybridized carbons (Fsp3) is 0.214. The molecule has 0 aliphatic heterocycles. The molecule has 1 heterocycles. The molecular weight excluding hydrogens is 244 g/mol. The standard InChI is InChI=1S/C14H14N2OS/c1-3-17-11-7-5-4-6-10(11)14-9(2)13(16)12(8-15)18-14/h4-7H,3,16H2,1-2H3. The maximum absolute atomic E-state index is 9.02. The summed E-state index contributed by atoms with van der Waals surface area (Å²) in [6.07, 6.45) is 0. The van der Waals surface area contributed by atoms with Gasteiger partial charge in [0.25, 0.3) is 0 Å². The van der Waals surface area contributed by atoms with E-state index in [1.165, 1.54) is 11.3 Å². The monoisotopic (exact) mass is 258 g/mol. The zero-order valence-corrected chi connectivity index (χ0v) is 11.2. The van der Waals surface area contributed by atoms with E-state index in [1.807, 2.05) is 38.1 Å². The van der Waals surface area contributed by atoms with Gasteiger partial charge in [0, 0.05) is 10.4 Å². The Kier molecular flexibility index (Phi) is 3.54. The topological polar surface area (TPSA) is 59.0 Å². The summed E-state index contributed by atoms with van der Waals surface area (Å²) in [5, 5.41) is 9.02. The summed E-state index contributed by atoms with van der Waals surface area (Å²) in [4.78, 5) is 1.57. The second-order valence-electron chi connectivity index (χ2n) is 3.84. The Labute approximate surface area is 110 Å². The zero-order chi connectivity index (χ0) is 13.1. The first-order chi connectivity index (χ1) is 8.69. The number of benzene rings is 1. The van der Waals surface area contributed by atoms with Crippen LogP contribution >= 0.6 is 11.3 Å². The van der Waals surface area contributed by atoms with Crippen LogP contribution in [0.1, 0.15) is 17.4 Å². The predicted molar refractivity (Wildman–Crippen MR) is 74.8 cm³/mol. The van der Waals surface area contributed by atoms with Gasteiger partial charge in [0.1, 0.15) is 16.7 Å². The maximum Gasteiger partial charge on any atom is 0.128 e. The molecule has 0 amide bonds. The molecule has 2 rings (SSSR count). The van der Waals surface area contributed by atoms with Crippen LogP contribution in [0, 0.1) is 18.3 Å². The molecule has 1 aromatic heterocycles. The number of hydrogen-bond acceptors (Lipinski definition) is 4. The Morgan fingerprint density at radius 2 is 2.11 bits per heavy atom. The van der Waals surface area contributed by atoms with Gasteiger partial charge in [0.2, 0.25) is 0 Å². The van der Waals surface area contributed by atoms with Crippen molar-refractivity contribution in [3.05, 3.63) is 34.7 Å². The van der Waals surface area contributed by atoms with Gasteiger partial charge in [0.05, 0.1) is 12.3 Å². The molecule has 4 heteroatoms. The Balaban J connectivity index is 2.59. The number of para-hydroxylation sites is 1. The second-order valence-corrected chi connectivity index (χ2v) is 4.86. The van der Waals surface area contributed by atoms with Gasteiger partial charge in [-0.05, 0) is 31.5 Å². The molecule has 3 nitrogen and oxygen atoms in total. The number of nitrogens with zero attached hydrogens (tertiary/aromatic N) is 1. The molecule has 0 unspecified atom stereocenters. The Morgan fingerprint density at radius 3 is 2.72 bits per heavy atom. The molecular formula is C14H14N2OS. The lowest BCUT2D eigenvalue weighted by molar-refractivity contribution is 0.341. The number of nitrogen functional groups attached to an aromatic ring is 1.